The fourth-order valence-corrected chi connectivity index (χ4v) is 5.23. The smallest absolute Gasteiger partial charge is 0.183 e. The Balaban J connectivity index is 2.09. The number of rotatable bonds is 0. The third-order valence-corrected chi connectivity index (χ3v) is 6.40. The normalized spacial score (nSPS) is 19.7. The number of fused-ring (bicyclic) bond motifs is 2. The molecule has 0 aliphatic carbocycles. The fraction of sp³-hybridized carbons (Fsp3) is 0.263. The molecule has 2 aromatic carbocycles. The molecule has 3 nitrogen and oxygen atoms in total. The molecule has 2 heterocycles. The average Bonchev–Trinajstić information content (AvgIpc) is 2.67. The van der Waals surface area contributed by atoms with Crippen LogP contribution in [0.4, 0.5) is 0 Å². The van der Waals surface area contributed by atoms with Gasteiger partial charge in [-0.2, -0.15) is 0 Å². The molecule has 4 rings (SSSR count). The van der Waals surface area contributed by atoms with E-state index in [0.29, 0.717) is 4.90 Å². The highest BCUT2D eigenvalue weighted by Crippen LogP contribution is 2.40. The Morgan fingerprint density at radius 3 is 2.26 bits per heavy atom. The number of hydrogen-bond donors (Lipinski definition) is 1. The molecule has 0 spiro atoms. The maximum absolute atomic E-state index is 12.8. The largest absolute Gasteiger partial charge is 0.316 e. The molecular weight excluding hydrogens is 306 g/mol. The molecule has 1 fully saturated rings. The van der Waals surface area contributed by atoms with Gasteiger partial charge >= 0.3 is 0 Å². The van der Waals surface area contributed by atoms with Crippen LogP contribution in [0.5, 0.6) is 0 Å². The van der Waals surface area contributed by atoms with Crippen molar-refractivity contribution >= 4 is 15.4 Å². The van der Waals surface area contributed by atoms with Crippen molar-refractivity contribution in [3.8, 4) is 0 Å². The van der Waals surface area contributed by atoms with Gasteiger partial charge in [-0.25, -0.2) is 8.42 Å². The molecule has 0 unspecified atom stereocenters. The topological polar surface area (TPSA) is 46.2 Å². The van der Waals surface area contributed by atoms with Crippen LogP contribution in [0.15, 0.2) is 59.0 Å². The summed E-state index contributed by atoms with van der Waals surface area (Å²) in [5.74, 6) is 0.0786. The molecule has 2 aliphatic heterocycles. The zero-order valence-electron chi connectivity index (χ0n) is 12.9. The molecule has 0 atom stereocenters. The van der Waals surface area contributed by atoms with Gasteiger partial charge in [-0.3, -0.25) is 0 Å². The van der Waals surface area contributed by atoms with Crippen molar-refractivity contribution in [3.63, 3.8) is 0 Å². The molecule has 1 saturated heterocycles. The summed E-state index contributed by atoms with van der Waals surface area (Å²) in [6, 6.07) is 15.4. The maximum Gasteiger partial charge on any atom is 0.183 e. The average molecular weight is 325 g/mol. The number of benzene rings is 2. The minimum atomic E-state index is -3.31. The van der Waals surface area contributed by atoms with E-state index in [1.165, 1.54) is 5.57 Å². The number of hydrogen-bond acceptors (Lipinski definition) is 3. The van der Waals surface area contributed by atoms with Crippen molar-refractivity contribution in [1.29, 1.82) is 0 Å². The van der Waals surface area contributed by atoms with Crippen LogP contribution >= 0.6 is 0 Å². The van der Waals surface area contributed by atoms with Crippen LogP contribution in [0.3, 0.4) is 0 Å². The van der Waals surface area contributed by atoms with Crippen molar-refractivity contribution in [2.45, 2.75) is 23.5 Å². The van der Waals surface area contributed by atoms with Crippen molar-refractivity contribution < 1.29 is 8.42 Å². The molecule has 118 valence electrons. The first-order valence-electron chi connectivity index (χ1n) is 8.00. The van der Waals surface area contributed by atoms with E-state index >= 15 is 0 Å². The van der Waals surface area contributed by atoms with E-state index in [1.54, 1.807) is 6.07 Å². The van der Waals surface area contributed by atoms with Crippen LogP contribution in [0.25, 0.3) is 5.57 Å². The number of sulfone groups is 1. The van der Waals surface area contributed by atoms with Crippen LogP contribution in [0.1, 0.15) is 29.5 Å². The van der Waals surface area contributed by atoms with E-state index in [-0.39, 0.29) is 5.75 Å². The van der Waals surface area contributed by atoms with Crippen molar-refractivity contribution in [3.05, 3.63) is 70.8 Å². The first-order chi connectivity index (χ1) is 11.2. The summed E-state index contributed by atoms with van der Waals surface area (Å²) in [7, 11) is -3.31. The Labute approximate surface area is 137 Å². The van der Waals surface area contributed by atoms with Gasteiger partial charge in [0.25, 0.3) is 0 Å². The molecule has 0 saturated carbocycles. The number of nitrogens with one attached hydrogen (secondary N) is 1. The highest BCUT2D eigenvalue weighted by atomic mass is 32.2. The minimum absolute atomic E-state index is 0.0786. The number of piperidine rings is 1. The highest BCUT2D eigenvalue weighted by Gasteiger charge is 2.29. The van der Waals surface area contributed by atoms with Crippen molar-refractivity contribution in [2.75, 3.05) is 13.1 Å². The molecule has 23 heavy (non-hydrogen) atoms. The van der Waals surface area contributed by atoms with Gasteiger partial charge < -0.3 is 5.32 Å². The monoisotopic (exact) mass is 325 g/mol. The SMILES string of the molecule is O=S1(=O)Cc2ccccc2C(=C2CCNCC2)c2ccccc21. The molecule has 2 aliphatic rings. The van der Waals surface area contributed by atoms with Gasteiger partial charge in [0, 0.05) is 5.56 Å². The second kappa shape index (κ2) is 5.62. The molecule has 2 aromatic rings. The summed E-state index contributed by atoms with van der Waals surface area (Å²) < 4.78 is 25.7. The minimum Gasteiger partial charge on any atom is -0.316 e. The predicted molar refractivity (Wildman–Crippen MR) is 91.9 cm³/mol. The quantitative estimate of drug-likeness (QED) is 0.809. The predicted octanol–water partition coefficient (Wildman–Crippen LogP) is 3.16. The van der Waals surface area contributed by atoms with Crippen LogP contribution in [0, 0.1) is 0 Å². The Morgan fingerprint density at radius 1 is 0.826 bits per heavy atom. The second-order valence-electron chi connectivity index (χ2n) is 6.14. The zero-order valence-corrected chi connectivity index (χ0v) is 13.7. The lowest BCUT2D eigenvalue weighted by Gasteiger charge is -2.22. The van der Waals surface area contributed by atoms with Crippen LogP contribution in [0.2, 0.25) is 0 Å². The summed E-state index contributed by atoms with van der Waals surface area (Å²) in [5, 5.41) is 3.38. The third kappa shape index (κ3) is 2.52. The third-order valence-electron chi connectivity index (χ3n) is 4.68. The molecule has 0 radical (unpaired) electrons. The van der Waals surface area contributed by atoms with E-state index in [2.05, 4.69) is 11.4 Å². The Kier molecular flexibility index (Phi) is 3.58. The fourth-order valence-electron chi connectivity index (χ4n) is 3.62. The summed E-state index contributed by atoms with van der Waals surface area (Å²) in [6.07, 6.45) is 1.94. The first kappa shape index (κ1) is 14.7. The van der Waals surface area contributed by atoms with Gasteiger partial charge in [0.2, 0.25) is 0 Å². The highest BCUT2D eigenvalue weighted by molar-refractivity contribution is 7.90. The lowest BCUT2D eigenvalue weighted by Crippen LogP contribution is -2.24. The summed E-state index contributed by atoms with van der Waals surface area (Å²) in [6.45, 7) is 1.91. The molecular formula is C19H19NO2S. The van der Waals surface area contributed by atoms with Crippen molar-refractivity contribution in [2.24, 2.45) is 0 Å². The first-order valence-corrected chi connectivity index (χ1v) is 9.65. The van der Waals surface area contributed by atoms with Gasteiger partial charge in [0.1, 0.15) is 0 Å². The lowest BCUT2D eigenvalue weighted by molar-refractivity contribution is 0.595. The maximum atomic E-state index is 12.8. The van der Waals surface area contributed by atoms with Crippen molar-refractivity contribution in [1.82, 2.24) is 5.32 Å². The second-order valence-corrected chi connectivity index (χ2v) is 8.10. The molecule has 0 amide bonds. The zero-order chi connectivity index (χ0) is 15.9. The summed E-state index contributed by atoms with van der Waals surface area (Å²) in [5.41, 5.74) is 5.36. The van der Waals surface area contributed by atoms with E-state index in [4.69, 9.17) is 0 Å². The summed E-state index contributed by atoms with van der Waals surface area (Å²) in [4.78, 5) is 0.470. The van der Waals surface area contributed by atoms with Gasteiger partial charge in [0.05, 0.1) is 10.6 Å². The Morgan fingerprint density at radius 2 is 1.48 bits per heavy atom. The Hall–Kier alpha value is -1.91. The standard InChI is InChI=1S/C19H19NO2S/c21-23(22)13-15-5-1-2-6-16(15)19(14-9-11-20-12-10-14)17-7-3-4-8-18(17)23/h1-8,20H,9-13H2. The molecule has 0 aromatic heterocycles. The lowest BCUT2D eigenvalue weighted by atomic mass is 9.87. The Bertz CT molecular complexity index is 889. The van der Waals surface area contributed by atoms with E-state index in [9.17, 15) is 8.42 Å². The van der Waals surface area contributed by atoms with E-state index < -0.39 is 9.84 Å². The molecule has 1 N–H and O–H groups in total. The van der Waals surface area contributed by atoms with Gasteiger partial charge in [-0.15, -0.1) is 0 Å². The van der Waals surface area contributed by atoms with Gasteiger partial charge in [-0.05, 0) is 48.7 Å². The molecule has 0 bridgehead atoms. The van der Waals surface area contributed by atoms with Crippen LogP contribution in [-0.2, 0) is 15.6 Å². The molecule has 4 heteroatoms. The van der Waals surface area contributed by atoms with Crippen LogP contribution < -0.4 is 5.32 Å². The summed E-state index contributed by atoms with van der Waals surface area (Å²) >= 11 is 0. The van der Waals surface area contributed by atoms with Gasteiger partial charge in [-0.1, -0.05) is 48.0 Å². The van der Waals surface area contributed by atoms with E-state index in [1.807, 2.05) is 36.4 Å². The van der Waals surface area contributed by atoms with E-state index in [0.717, 1.165) is 48.2 Å². The van der Waals surface area contributed by atoms with Gasteiger partial charge in [0.15, 0.2) is 9.84 Å². The van der Waals surface area contributed by atoms with Crippen LogP contribution in [-0.4, -0.2) is 21.5 Å².